The minimum absolute atomic E-state index is 0.450. The second kappa shape index (κ2) is 6.86. The quantitative estimate of drug-likeness (QED) is 0.551. The molecule has 0 aliphatic rings. The molecule has 0 aliphatic carbocycles. The van der Waals surface area contributed by atoms with E-state index in [1.807, 2.05) is 0 Å². The van der Waals surface area contributed by atoms with E-state index in [1.54, 1.807) is 31.3 Å². The molecule has 0 fully saturated rings. The lowest BCUT2D eigenvalue weighted by atomic mass is 10.4. The van der Waals surface area contributed by atoms with Crippen molar-refractivity contribution in [1.82, 2.24) is 10.3 Å². The van der Waals surface area contributed by atoms with Crippen molar-refractivity contribution < 1.29 is 9.15 Å². The van der Waals surface area contributed by atoms with Crippen molar-refractivity contribution >= 4 is 11.8 Å². The molecule has 0 amide bonds. The molecule has 80 valence electrons. The van der Waals surface area contributed by atoms with Gasteiger partial charge in [-0.05, 0) is 0 Å². The Morgan fingerprint density at radius 3 is 3.21 bits per heavy atom. The average Bonchev–Trinajstić information content (AvgIpc) is 2.65. The van der Waals surface area contributed by atoms with Crippen molar-refractivity contribution in [2.75, 3.05) is 26.8 Å². The number of nitrogens with one attached hydrogen (secondary N) is 1. The van der Waals surface area contributed by atoms with Gasteiger partial charge < -0.3 is 14.5 Å². The van der Waals surface area contributed by atoms with Gasteiger partial charge in [0, 0.05) is 25.4 Å². The van der Waals surface area contributed by atoms with E-state index in [4.69, 9.17) is 9.15 Å². The molecule has 14 heavy (non-hydrogen) atoms. The third-order valence-corrected chi connectivity index (χ3v) is 2.60. The van der Waals surface area contributed by atoms with E-state index in [1.165, 1.54) is 0 Å². The fraction of sp³-hybridized carbons (Fsp3) is 0.667. The molecule has 4 nitrogen and oxygen atoms in total. The number of hydrogen-bond acceptors (Lipinski definition) is 5. The first-order chi connectivity index (χ1) is 6.83. The summed E-state index contributed by atoms with van der Waals surface area (Å²) in [6.07, 6.45) is 3.25. The van der Waals surface area contributed by atoms with E-state index in [-0.39, 0.29) is 0 Å². The molecule has 0 aromatic carbocycles. The Balaban J connectivity index is 2.07. The number of rotatable bonds is 7. The molecule has 1 rings (SSSR count). The Hall–Kier alpha value is -0.520. The summed E-state index contributed by atoms with van der Waals surface area (Å²) >= 11 is 1.63. The molecule has 0 radical (unpaired) electrons. The second-order valence-corrected chi connectivity index (χ2v) is 4.31. The van der Waals surface area contributed by atoms with E-state index in [0.717, 1.165) is 24.9 Å². The molecule has 0 saturated heterocycles. The van der Waals surface area contributed by atoms with Crippen molar-refractivity contribution in [3.63, 3.8) is 0 Å². The molecular formula is C9H16N2O2S. The fourth-order valence-corrected chi connectivity index (χ4v) is 1.74. The summed E-state index contributed by atoms with van der Waals surface area (Å²) in [7, 11) is 1.70. The van der Waals surface area contributed by atoms with Crippen LogP contribution in [0.15, 0.2) is 22.1 Å². The average molecular weight is 216 g/mol. The first-order valence-electron chi connectivity index (χ1n) is 4.58. The Morgan fingerprint density at radius 1 is 1.71 bits per heavy atom. The number of thioether (sulfide) groups is 1. The Kier molecular flexibility index (Phi) is 5.66. The molecule has 0 spiro atoms. The van der Waals surface area contributed by atoms with Crippen LogP contribution >= 0.6 is 11.8 Å². The standard InChI is InChI=1S/C9H16N2O2S/c1-8(7-10-3-5-12-2)14-9-11-4-6-13-9/h4,6,8,10H,3,5,7H2,1-2H3. The minimum Gasteiger partial charge on any atom is -0.440 e. The van der Waals surface area contributed by atoms with Gasteiger partial charge in [-0.1, -0.05) is 18.7 Å². The van der Waals surface area contributed by atoms with Gasteiger partial charge in [0.05, 0.1) is 12.8 Å². The molecule has 0 aliphatic heterocycles. The zero-order chi connectivity index (χ0) is 10.2. The summed E-state index contributed by atoms with van der Waals surface area (Å²) in [4.78, 5) is 4.04. The molecule has 0 bridgehead atoms. The van der Waals surface area contributed by atoms with Crippen molar-refractivity contribution in [2.45, 2.75) is 17.4 Å². The maximum absolute atomic E-state index is 5.13. The van der Waals surface area contributed by atoms with E-state index >= 15 is 0 Å². The summed E-state index contributed by atoms with van der Waals surface area (Å²) in [5, 5.41) is 4.46. The third-order valence-electron chi connectivity index (χ3n) is 1.63. The highest BCUT2D eigenvalue weighted by Crippen LogP contribution is 2.19. The van der Waals surface area contributed by atoms with Crippen LogP contribution in [-0.2, 0) is 4.74 Å². The number of aromatic nitrogens is 1. The van der Waals surface area contributed by atoms with Crippen LogP contribution < -0.4 is 5.32 Å². The summed E-state index contributed by atoms with van der Waals surface area (Å²) in [6.45, 7) is 4.69. The lowest BCUT2D eigenvalue weighted by Gasteiger charge is -2.09. The van der Waals surface area contributed by atoms with Gasteiger partial charge in [-0.3, -0.25) is 0 Å². The molecule has 1 unspecified atom stereocenters. The van der Waals surface area contributed by atoms with Crippen molar-refractivity contribution in [3.05, 3.63) is 12.5 Å². The summed E-state index contributed by atoms with van der Waals surface area (Å²) < 4.78 is 10.1. The smallest absolute Gasteiger partial charge is 0.255 e. The van der Waals surface area contributed by atoms with Crippen molar-refractivity contribution in [1.29, 1.82) is 0 Å². The van der Waals surface area contributed by atoms with Crippen LogP contribution in [0.4, 0.5) is 0 Å². The molecule has 1 aromatic heterocycles. The summed E-state index contributed by atoms with van der Waals surface area (Å²) in [5.41, 5.74) is 0. The maximum Gasteiger partial charge on any atom is 0.255 e. The van der Waals surface area contributed by atoms with Crippen LogP contribution in [-0.4, -0.2) is 37.0 Å². The van der Waals surface area contributed by atoms with Crippen LogP contribution in [0.3, 0.4) is 0 Å². The highest BCUT2D eigenvalue weighted by Gasteiger charge is 2.06. The predicted molar refractivity (Wildman–Crippen MR) is 56.6 cm³/mol. The van der Waals surface area contributed by atoms with Gasteiger partial charge in [0.1, 0.15) is 6.26 Å². The van der Waals surface area contributed by atoms with Crippen LogP contribution in [0, 0.1) is 0 Å². The first kappa shape index (κ1) is 11.6. The van der Waals surface area contributed by atoms with Crippen molar-refractivity contribution in [2.24, 2.45) is 0 Å². The van der Waals surface area contributed by atoms with Crippen LogP contribution in [0.2, 0.25) is 0 Å². The van der Waals surface area contributed by atoms with Gasteiger partial charge in [0.2, 0.25) is 0 Å². The minimum atomic E-state index is 0.450. The summed E-state index contributed by atoms with van der Waals surface area (Å²) in [5.74, 6) is 0. The Bertz CT molecular complexity index is 229. The van der Waals surface area contributed by atoms with Gasteiger partial charge in [-0.2, -0.15) is 0 Å². The van der Waals surface area contributed by atoms with Gasteiger partial charge in [0.15, 0.2) is 0 Å². The Labute approximate surface area is 88.4 Å². The fourth-order valence-electron chi connectivity index (χ4n) is 0.962. The number of oxazole rings is 1. The maximum atomic E-state index is 5.13. The largest absolute Gasteiger partial charge is 0.440 e. The normalized spacial score (nSPS) is 13.0. The number of nitrogens with zero attached hydrogens (tertiary/aromatic N) is 1. The van der Waals surface area contributed by atoms with E-state index in [0.29, 0.717) is 5.25 Å². The van der Waals surface area contributed by atoms with E-state index < -0.39 is 0 Å². The topological polar surface area (TPSA) is 47.3 Å². The molecular weight excluding hydrogens is 200 g/mol. The van der Waals surface area contributed by atoms with Crippen molar-refractivity contribution in [3.8, 4) is 0 Å². The predicted octanol–water partition coefficient (Wildman–Crippen LogP) is 1.39. The van der Waals surface area contributed by atoms with Gasteiger partial charge >= 0.3 is 0 Å². The van der Waals surface area contributed by atoms with Gasteiger partial charge in [-0.15, -0.1) is 0 Å². The molecule has 1 atom stereocenters. The lowest BCUT2D eigenvalue weighted by Crippen LogP contribution is -2.26. The highest BCUT2D eigenvalue weighted by molar-refractivity contribution is 7.99. The van der Waals surface area contributed by atoms with Gasteiger partial charge in [0.25, 0.3) is 5.22 Å². The summed E-state index contributed by atoms with van der Waals surface area (Å²) in [6, 6.07) is 0. The zero-order valence-electron chi connectivity index (χ0n) is 8.53. The number of hydrogen-bond donors (Lipinski definition) is 1. The van der Waals surface area contributed by atoms with Crippen LogP contribution in [0.5, 0.6) is 0 Å². The molecule has 1 N–H and O–H groups in total. The molecule has 0 saturated carbocycles. The number of ether oxygens (including phenoxy) is 1. The van der Waals surface area contributed by atoms with E-state index in [2.05, 4.69) is 17.2 Å². The SMILES string of the molecule is COCCNCC(C)Sc1ncco1. The van der Waals surface area contributed by atoms with Gasteiger partial charge in [-0.25, -0.2) is 4.98 Å². The molecule has 1 heterocycles. The lowest BCUT2D eigenvalue weighted by molar-refractivity contribution is 0.199. The van der Waals surface area contributed by atoms with E-state index in [9.17, 15) is 0 Å². The molecule has 1 aromatic rings. The van der Waals surface area contributed by atoms with Crippen LogP contribution in [0.25, 0.3) is 0 Å². The number of methoxy groups -OCH3 is 1. The first-order valence-corrected chi connectivity index (χ1v) is 5.46. The van der Waals surface area contributed by atoms with Crippen LogP contribution in [0.1, 0.15) is 6.92 Å². The molecule has 5 heteroatoms. The Morgan fingerprint density at radius 2 is 2.57 bits per heavy atom. The monoisotopic (exact) mass is 216 g/mol. The highest BCUT2D eigenvalue weighted by atomic mass is 32.2. The second-order valence-electron chi connectivity index (χ2n) is 2.92. The third kappa shape index (κ3) is 4.64. The zero-order valence-corrected chi connectivity index (χ0v) is 9.34.